The molecule has 0 aliphatic carbocycles. The lowest BCUT2D eigenvalue weighted by molar-refractivity contribution is 0.182. The summed E-state index contributed by atoms with van der Waals surface area (Å²) in [5, 5.41) is 6.76. The minimum atomic E-state index is 0.493. The highest BCUT2D eigenvalue weighted by molar-refractivity contribution is 5.62. The van der Waals surface area contributed by atoms with Crippen LogP contribution in [0.25, 0.3) is 0 Å². The van der Waals surface area contributed by atoms with Crippen LogP contribution in [-0.4, -0.2) is 72.2 Å². The number of benzene rings is 1. The first-order valence-electron chi connectivity index (χ1n) is 11.3. The van der Waals surface area contributed by atoms with Gasteiger partial charge in [-0.05, 0) is 59.7 Å². The number of hydrogen-bond donors (Lipinski definition) is 2. The largest absolute Gasteiger partial charge is 0.378 e. The number of rotatable bonds is 12. The van der Waals surface area contributed by atoms with Crippen LogP contribution in [0.15, 0.2) is 24.3 Å². The van der Waals surface area contributed by atoms with Crippen molar-refractivity contribution in [2.75, 3.05) is 60.7 Å². The lowest BCUT2D eigenvalue weighted by Gasteiger charge is -2.30. The molecule has 1 aromatic carbocycles. The van der Waals surface area contributed by atoms with Gasteiger partial charge in [0.1, 0.15) is 0 Å². The molecule has 0 unspecified atom stereocenters. The highest BCUT2D eigenvalue weighted by Gasteiger charge is 2.15. The SMILES string of the molecule is CCN(CC)c1nc(NCCN(C(C)C)C(C)C)nc(Nc2cccc(N(C)C)c2)n1. The van der Waals surface area contributed by atoms with Crippen molar-refractivity contribution in [2.45, 2.75) is 53.6 Å². The molecule has 0 fully saturated rings. The van der Waals surface area contributed by atoms with E-state index in [0.717, 1.165) is 37.6 Å². The molecule has 172 valence electrons. The van der Waals surface area contributed by atoms with Crippen LogP contribution in [-0.2, 0) is 0 Å². The van der Waals surface area contributed by atoms with Gasteiger partial charge in [-0.15, -0.1) is 0 Å². The van der Waals surface area contributed by atoms with E-state index in [9.17, 15) is 0 Å². The summed E-state index contributed by atoms with van der Waals surface area (Å²) in [6.45, 7) is 16.5. The van der Waals surface area contributed by atoms with E-state index < -0.39 is 0 Å². The molecule has 1 heterocycles. The summed E-state index contributed by atoms with van der Waals surface area (Å²) >= 11 is 0. The average Bonchev–Trinajstić information content (AvgIpc) is 2.71. The topological polar surface area (TPSA) is 72.5 Å². The molecular formula is C23H40N8. The van der Waals surface area contributed by atoms with Crippen molar-refractivity contribution in [1.29, 1.82) is 0 Å². The molecule has 8 heteroatoms. The number of nitrogens with one attached hydrogen (secondary N) is 2. The molecule has 0 bridgehead atoms. The quantitative estimate of drug-likeness (QED) is 0.524. The molecule has 0 amide bonds. The Kier molecular flexibility index (Phi) is 9.30. The second kappa shape index (κ2) is 11.7. The highest BCUT2D eigenvalue weighted by atomic mass is 15.3. The summed E-state index contributed by atoms with van der Waals surface area (Å²) in [5.41, 5.74) is 2.06. The van der Waals surface area contributed by atoms with Crippen molar-refractivity contribution in [2.24, 2.45) is 0 Å². The second-order valence-electron chi connectivity index (χ2n) is 8.38. The van der Waals surface area contributed by atoms with Gasteiger partial charge in [0.2, 0.25) is 17.8 Å². The number of hydrogen-bond acceptors (Lipinski definition) is 8. The third-order valence-electron chi connectivity index (χ3n) is 5.27. The van der Waals surface area contributed by atoms with Gasteiger partial charge in [0.05, 0.1) is 0 Å². The molecule has 0 atom stereocenters. The van der Waals surface area contributed by atoms with Gasteiger partial charge in [-0.1, -0.05) is 6.07 Å². The normalized spacial score (nSPS) is 11.3. The zero-order chi connectivity index (χ0) is 23.0. The molecule has 1 aromatic heterocycles. The van der Waals surface area contributed by atoms with E-state index in [4.69, 9.17) is 0 Å². The number of aromatic nitrogens is 3. The Morgan fingerprint density at radius 2 is 1.55 bits per heavy atom. The minimum Gasteiger partial charge on any atom is -0.378 e. The minimum absolute atomic E-state index is 0.493. The van der Waals surface area contributed by atoms with E-state index in [0.29, 0.717) is 29.9 Å². The van der Waals surface area contributed by atoms with Crippen molar-refractivity contribution in [1.82, 2.24) is 19.9 Å². The van der Waals surface area contributed by atoms with Crippen molar-refractivity contribution < 1.29 is 0 Å². The van der Waals surface area contributed by atoms with Crippen LogP contribution in [0.3, 0.4) is 0 Å². The van der Waals surface area contributed by atoms with Gasteiger partial charge < -0.3 is 20.4 Å². The Hall–Kier alpha value is -2.61. The van der Waals surface area contributed by atoms with Crippen molar-refractivity contribution in [3.05, 3.63) is 24.3 Å². The Labute approximate surface area is 188 Å². The first kappa shape index (κ1) is 24.7. The van der Waals surface area contributed by atoms with Gasteiger partial charge in [-0.2, -0.15) is 15.0 Å². The zero-order valence-electron chi connectivity index (χ0n) is 20.5. The van der Waals surface area contributed by atoms with Crippen molar-refractivity contribution >= 4 is 29.2 Å². The molecule has 0 aliphatic heterocycles. The van der Waals surface area contributed by atoms with Crippen LogP contribution in [0.1, 0.15) is 41.5 Å². The molecule has 0 saturated heterocycles. The maximum atomic E-state index is 4.68. The van der Waals surface area contributed by atoms with Crippen LogP contribution >= 0.6 is 0 Å². The fourth-order valence-electron chi connectivity index (χ4n) is 3.55. The van der Waals surface area contributed by atoms with Gasteiger partial charge in [-0.3, -0.25) is 4.90 Å². The second-order valence-corrected chi connectivity index (χ2v) is 8.38. The summed E-state index contributed by atoms with van der Waals surface area (Å²) in [7, 11) is 4.06. The number of nitrogens with zero attached hydrogens (tertiary/aromatic N) is 6. The van der Waals surface area contributed by atoms with E-state index in [2.05, 4.69) is 94.0 Å². The van der Waals surface area contributed by atoms with Gasteiger partial charge in [-0.25, -0.2) is 0 Å². The Balaban J connectivity index is 2.23. The van der Waals surface area contributed by atoms with Gasteiger partial charge in [0.15, 0.2) is 0 Å². The third-order valence-corrected chi connectivity index (χ3v) is 5.27. The van der Waals surface area contributed by atoms with Crippen LogP contribution in [0.4, 0.5) is 29.2 Å². The smallest absolute Gasteiger partial charge is 0.233 e. The first-order chi connectivity index (χ1) is 14.7. The van der Waals surface area contributed by atoms with Crippen molar-refractivity contribution in [3.8, 4) is 0 Å². The third kappa shape index (κ3) is 7.24. The maximum Gasteiger partial charge on any atom is 0.233 e. The molecule has 8 nitrogen and oxygen atoms in total. The van der Waals surface area contributed by atoms with E-state index in [-0.39, 0.29) is 0 Å². The maximum absolute atomic E-state index is 4.68. The van der Waals surface area contributed by atoms with E-state index in [1.165, 1.54) is 0 Å². The summed E-state index contributed by atoms with van der Waals surface area (Å²) in [6, 6.07) is 9.18. The summed E-state index contributed by atoms with van der Waals surface area (Å²) < 4.78 is 0. The molecule has 2 rings (SSSR count). The van der Waals surface area contributed by atoms with Crippen LogP contribution in [0.2, 0.25) is 0 Å². The molecule has 0 saturated carbocycles. The molecule has 0 spiro atoms. The number of anilines is 5. The predicted octanol–water partition coefficient (Wildman–Crippen LogP) is 4.06. The Morgan fingerprint density at radius 1 is 0.903 bits per heavy atom. The predicted molar refractivity (Wildman–Crippen MR) is 133 cm³/mol. The van der Waals surface area contributed by atoms with Crippen LogP contribution in [0.5, 0.6) is 0 Å². The van der Waals surface area contributed by atoms with E-state index in [1.807, 2.05) is 26.2 Å². The molecule has 2 aromatic rings. The summed E-state index contributed by atoms with van der Waals surface area (Å²) in [5.74, 6) is 1.81. The lowest BCUT2D eigenvalue weighted by atomic mass is 10.2. The fraction of sp³-hybridized carbons (Fsp3) is 0.609. The standard InChI is InChI=1S/C23H40N8/c1-9-30(10-2)23-27-21(24-14-15-31(17(3)4)18(5)6)26-22(28-23)25-19-12-11-13-20(16-19)29(7)8/h11-13,16-18H,9-10,14-15H2,1-8H3,(H2,24,25,26,27,28). The van der Waals surface area contributed by atoms with Gasteiger partial charge in [0, 0.05) is 63.7 Å². The summed E-state index contributed by atoms with van der Waals surface area (Å²) in [6.07, 6.45) is 0. The molecule has 2 N–H and O–H groups in total. The van der Waals surface area contributed by atoms with Gasteiger partial charge in [0.25, 0.3) is 0 Å². The van der Waals surface area contributed by atoms with Crippen molar-refractivity contribution in [3.63, 3.8) is 0 Å². The lowest BCUT2D eigenvalue weighted by Crippen LogP contribution is -2.40. The van der Waals surface area contributed by atoms with Crippen LogP contribution < -0.4 is 20.4 Å². The fourth-order valence-corrected chi connectivity index (χ4v) is 3.55. The molecule has 0 radical (unpaired) electrons. The molecule has 31 heavy (non-hydrogen) atoms. The monoisotopic (exact) mass is 428 g/mol. The Bertz CT molecular complexity index is 794. The van der Waals surface area contributed by atoms with Crippen LogP contribution in [0, 0.1) is 0 Å². The summed E-state index contributed by atoms with van der Waals surface area (Å²) in [4.78, 5) is 20.6. The van der Waals surface area contributed by atoms with Gasteiger partial charge >= 0.3 is 0 Å². The highest BCUT2D eigenvalue weighted by Crippen LogP contribution is 2.21. The van der Waals surface area contributed by atoms with E-state index in [1.54, 1.807) is 0 Å². The van der Waals surface area contributed by atoms with E-state index >= 15 is 0 Å². The Morgan fingerprint density at radius 3 is 2.13 bits per heavy atom. The first-order valence-corrected chi connectivity index (χ1v) is 11.3. The zero-order valence-corrected chi connectivity index (χ0v) is 20.5. The molecule has 0 aliphatic rings. The molecular weight excluding hydrogens is 388 g/mol. The average molecular weight is 429 g/mol.